The molecule has 0 unspecified atom stereocenters. The van der Waals surface area contributed by atoms with Crippen LogP contribution in [0.4, 0.5) is 0 Å². The molecule has 1 fully saturated rings. The molecule has 1 saturated heterocycles. The Bertz CT molecular complexity index is 1110. The molecule has 2 aromatic carbocycles. The van der Waals surface area contributed by atoms with Crippen LogP contribution in [-0.4, -0.2) is 63.9 Å². The van der Waals surface area contributed by atoms with Crippen LogP contribution in [0.25, 0.3) is 0 Å². The minimum absolute atomic E-state index is 0.0644. The molecule has 2 aromatic rings. The van der Waals surface area contributed by atoms with Crippen molar-refractivity contribution in [1.82, 2.24) is 9.73 Å². The zero-order valence-corrected chi connectivity index (χ0v) is 17.9. The third-order valence-corrected chi connectivity index (χ3v) is 6.88. The van der Waals surface area contributed by atoms with Gasteiger partial charge in [0.1, 0.15) is 13.2 Å². The monoisotopic (exact) mass is 445 g/mol. The molecular formula is C21H23N3O6S. The van der Waals surface area contributed by atoms with Gasteiger partial charge in [0.15, 0.2) is 11.5 Å². The molecule has 9 nitrogen and oxygen atoms in total. The number of carbonyl (C=O) groups excluding carboxylic acids is 1. The van der Waals surface area contributed by atoms with Crippen LogP contribution in [-0.2, 0) is 14.8 Å². The summed E-state index contributed by atoms with van der Waals surface area (Å²) in [5, 5.41) is 4.15. The van der Waals surface area contributed by atoms with E-state index in [9.17, 15) is 13.2 Å². The molecule has 2 aliphatic rings. The highest BCUT2D eigenvalue weighted by Crippen LogP contribution is 2.30. The largest absolute Gasteiger partial charge is 0.486 e. The number of fused-ring (bicyclic) bond motifs is 1. The Morgan fingerprint density at radius 2 is 1.71 bits per heavy atom. The van der Waals surface area contributed by atoms with Gasteiger partial charge in [0.2, 0.25) is 10.0 Å². The first-order valence-corrected chi connectivity index (χ1v) is 11.3. The van der Waals surface area contributed by atoms with Crippen molar-refractivity contribution in [1.29, 1.82) is 0 Å². The summed E-state index contributed by atoms with van der Waals surface area (Å²) in [6.45, 7) is 4.03. The van der Waals surface area contributed by atoms with Gasteiger partial charge >= 0.3 is 0 Å². The summed E-state index contributed by atoms with van der Waals surface area (Å²) < 4.78 is 43.3. The number of rotatable bonds is 5. The van der Waals surface area contributed by atoms with Crippen molar-refractivity contribution in [3.05, 3.63) is 53.6 Å². The van der Waals surface area contributed by atoms with Gasteiger partial charge in [-0.15, -0.1) is 0 Å². The van der Waals surface area contributed by atoms with Crippen molar-refractivity contribution < 1.29 is 27.4 Å². The zero-order valence-electron chi connectivity index (χ0n) is 17.0. The quantitative estimate of drug-likeness (QED) is 0.554. The first-order valence-electron chi connectivity index (χ1n) is 9.88. The summed E-state index contributed by atoms with van der Waals surface area (Å²) in [5.74, 6) is 0.798. The molecule has 0 spiro atoms. The SMILES string of the molecule is C/C(=N\NC(=O)c1cccc(S(=O)(=O)N2CCOCC2)c1)c1ccc2c(c1)OCCO2. The van der Waals surface area contributed by atoms with Crippen LogP contribution in [0, 0.1) is 0 Å². The van der Waals surface area contributed by atoms with E-state index in [0.717, 1.165) is 5.56 Å². The highest BCUT2D eigenvalue weighted by Gasteiger charge is 2.26. The van der Waals surface area contributed by atoms with Gasteiger partial charge in [0.05, 0.1) is 23.8 Å². The zero-order chi connectivity index (χ0) is 21.8. The minimum Gasteiger partial charge on any atom is -0.486 e. The van der Waals surface area contributed by atoms with E-state index in [0.29, 0.717) is 43.6 Å². The van der Waals surface area contributed by atoms with Gasteiger partial charge in [-0.2, -0.15) is 9.41 Å². The van der Waals surface area contributed by atoms with Gasteiger partial charge in [-0.25, -0.2) is 13.8 Å². The molecule has 164 valence electrons. The van der Waals surface area contributed by atoms with Gasteiger partial charge < -0.3 is 14.2 Å². The molecule has 1 amide bonds. The number of nitrogens with zero attached hydrogens (tertiary/aromatic N) is 2. The number of hydrogen-bond donors (Lipinski definition) is 1. The number of ether oxygens (including phenoxy) is 3. The topological polar surface area (TPSA) is 107 Å². The van der Waals surface area contributed by atoms with E-state index in [1.54, 1.807) is 31.2 Å². The van der Waals surface area contributed by atoms with Crippen LogP contribution in [0.15, 0.2) is 52.5 Å². The van der Waals surface area contributed by atoms with Crippen molar-refractivity contribution >= 4 is 21.6 Å². The normalized spacial score (nSPS) is 17.3. The number of amides is 1. The molecule has 2 aliphatic heterocycles. The average molecular weight is 445 g/mol. The van der Waals surface area contributed by atoms with E-state index in [4.69, 9.17) is 14.2 Å². The smallest absolute Gasteiger partial charge is 0.271 e. The molecule has 0 bridgehead atoms. The first-order chi connectivity index (χ1) is 14.9. The Morgan fingerprint density at radius 1 is 0.968 bits per heavy atom. The lowest BCUT2D eigenvalue weighted by atomic mass is 10.1. The fraction of sp³-hybridized carbons (Fsp3) is 0.333. The maximum atomic E-state index is 12.8. The average Bonchev–Trinajstić information content (AvgIpc) is 2.82. The van der Waals surface area contributed by atoms with Crippen LogP contribution in [0.3, 0.4) is 0 Å². The lowest BCUT2D eigenvalue weighted by Crippen LogP contribution is -2.40. The molecule has 0 atom stereocenters. The molecule has 4 rings (SSSR count). The molecule has 0 saturated carbocycles. The minimum atomic E-state index is -3.69. The Balaban J connectivity index is 1.48. The summed E-state index contributed by atoms with van der Waals surface area (Å²) in [6.07, 6.45) is 0. The second-order valence-electron chi connectivity index (χ2n) is 7.04. The van der Waals surface area contributed by atoms with Crippen molar-refractivity contribution in [3.63, 3.8) is 0 Å². The second kappa shape index (κ2) is 9.04. The summed E-state index contributed by atoms with van der Waals surface area (Å²) >= 11 is 0. The van der Waals surface area contributed by atoms with E-state index in [1.807, 2.05) is 6.07 Å². The highest BCUT2D eigenvalue weighted by molar-refractivity contribution is 7.89. The summed E-state index contributed by atoms with van der Waals surface area (Å²) in [6, 6.07) is 11.3. The molecule has 31 heavy (non-hydrogen) atoms. The van der Waals surface area contributed by atoms with Crippen LogP contribution in [0.2, 0.25) is 0 Å². The number of nitrogens with one attached hydrogen (secondary N) is 1. The van der Waals surface area contributed by atoms with Gasteiger partial charge in [-0.3, -0.25) is 4.79 Å². The summed E-state index contributed by atoms with van der Waals surface area (Å²) in [4.78, 5) is 12.6. The molecule has 0 aliphatic carbocycles. The van der Waals surface area contributed by atoms with E-state index in [-0.39, 0.29) is 23.5 Å². The van der Waals surface area contributed by atoms with Crippen molar-refractivity contribution in [2.45, 2.75) is 11.8 Å². The number of morpholine rings is 1. The lowest BCUT2D eigenvalue weighted by molar-refractivity contribution is 0.0730. The second-order valence-corrected chi connectivity index (χ2v) is 8.98. The fourth-order valence-corrected chi connectivity index (χ4v) is 4.72. The standard InChI is InChI=1S/C21H23N3O6S/c1-15(16-5-6-19-20(14-16)30-12-11-29-19)22-23-21(25)17-3-2-4-18(13-17)31(26,27)24-7-9-28-10-8-24/h2-6,13-14H,7-12H2,1H3,(H,23,25)/b22-15+. The Labute approximate surface area is 180 Å². The summed E-state index contributed by atoms with van der Waals surface area (Å²) in [7, 11) is -3.69. The third-order valence-electron chi connectivity index (χ3n) is 4.99. The molecular weight excluding hydrogens is 422 g/mol. The van der Waals surface area contributed by atoms with Crippen LogP contribution in [0.1, 0.15) is 22.8 Å². The van der Waals surface area contributed by atoms with Gasteiger partial charge in [0, 0.05) is 24.2 Å². The van der Waals surface area contributed by atoms with Crippen LogP contribution >= 0.6 is 0 Å². The number of sulfonamides is 1. The maximum Gasteiger partial charge on any atom is 0.271 e. The number of carbonyl (C=O) groups is 1. The Kier molecular flexibility index (Phi) is 6.21. The molecule has 2 heterocycles. The van der Waals surface area contributed by atoms with E-state index < -0.39 is 15.9 Å². The maximum absolute atomic E-state index is 12.8. The Hall–Kier alpha value is -2.95. The number of benzene rings is 2. The van der Waals surface area contributed by atoms with Crippen LogP contribution in [0.5, 0.6) is 11.5 Å². The van der Waals surface area contributed by atoms with Gasteiger partial charge in [0.25, 0.3) is 5.91 Å². The first kappa shape index (κ1) is 21.3. The van der Waals surface area contributed by atoms with Crippen molar-refractivity contribution in [2.24, 2.45) is 5.10 Å². The molecule has 0 radical (unpaired) electrons. The number of hydrogen-bond acceptors (Lipinski definition) is 7. The Morgan fingerprint density at radius 3 is 2.48 bits per heavy atom. The molecule has 0 aromatic heterocycles. The van der Waals surface area contributed by atoms with Crippen molar-refractivity contribution in [2.75, 3.05) is 39.5 Å². The van der Waals surface area contributed by atoms with E-state index in [1.165, 1.54) is 16.4 Å². The van der Waals surface area contributed by atoms with E-state index >= 15 is 0 Å². The summed E-state index contributed by atoms with van der Waals surface area (Å²) in [5.41, 5.74) is 4.03. The lowest BCUT2D eigenvalue weighted by Gasteiger charge is -2.26. The van der Waals surface area contributed by atoms with Gasteiger partial charge in [-0.05, 0) is 43.3 Å². The third kappa shape index (κ3) is 4.71. The van der Waals surface area contributed by atoms with Crippen LogP contribution < -0.4 is 14.9 Å². The molecule has 1 N–H and O–H groups in total. The van der Waals surface area contributed by atoms with Gasteiger partial charge in [-0.1, -0.05) is 6.07 Å². The fourth-order valence-electron chi connectivity index (χ4n) is 3.27. The molecule has 10 heteroatoms. The highest BCUT2D eigenvalue weighted by atomic mass is 32.2. The van der Waals surface area contributed by atoms with E-state index in [2.05, 4.69) is 10.5 Å². The number of hydrazone groups is 1. The van der Waals surface area contributed by atoms with Crippen molar-refractivity contribution in [3.8, 4) is 11.5 Å². The predicted octanol–water partition coefficient (Wildman–Crippen LogP) is 1.63. The predicted molar refractivity (Wildman–Crippen MR) is 113 cm³/mol.